The van der Waals surface area contributed by atoms with Crippen molar-refractivity contribution in [2.45, 2.75) is 20.4 Å². The number of nitrogens with two attached hydrogens (primary N) is 1. The van der Waals surface area contributed by atoms with Crippen molar-refractivity contribution in [2.75, 3.05) is 17.7 Å². The van der Waals surface area contributed by atoms with Crippen LogP contribution in [0.4, 0.5) is 11.5 Å². The summed E-state index contributed by atoms with van der Waals surface area (Å²) in [6, 6.07) is 1.98. The number of aromatic nitrogens is 1. The first-order chi connectivity index (χ1) is 8.50. The molecule has 18 heavy (non-hydrogen) atoms. The zero-order valence-corrected chi connectivity index (χ0v) is 12.3. The second kappa shape index (κ2) is 5.02. The maximum atomic E-state index is 5.82. The van der Waals surface area contributed by atoms with E-state index in [-0.39, 0.29) is 0 Å². The molecule has 2 aromatic heterocycles. The van der Waals surface area contributed by atoms with E-state index in [2.05, 4.69) is 25.8 Å². The number of pyridine rings is 1. The molecule has 0 atom stereocenters. The number of nitrogen functional groups attached to an aromatic ring is 1. The molecular formula is C13H16BrN3O. The minimum Gasteiger partial charge on any atom is -0.469 e. The summed E-state index contributed by atoms with van der Waals surface area (Å²) in [5.74, 6) is 1.81. The fourth-order valence-corrected chi connectivity index (χ4v) is 2.38. The zero-order chi connectivity index (χ0) is 13.3. The quantitative estimate of drug-likeness (QED) is 0.945. The molecule has 2 aromatic rings. The van der Waals surface area contributed by atoms with Gasteiger partial charge in [-0.1, -0.05) is 0 Å². The fourth-order valence-electron chi connectivity index (χ4n) is 1.75. The number of rotatable bonds is 3. The maximum Gasteiger partial charge on any atom is 0.143 e. The summed E-state index contributed by atoms with van der Waals surface area (Å²) in [5, 5.41) is 0. The first-order valence-corrected chi connectivity index (χ1v) is 6.44. The van der Waals surface area contributed by atoms with E-state index in [9.17, 15) is 0 Å². The number of furan rings is 1. The van der Waals surface area contributed by atoms with Crippen molar-refractivity contribution in [3.8, 4) is 0 Å². The van der Waals surface area contributed by atoms with Crippen molar-refractivity contribution < 1.29 is 4.42 Å². The molecule has 0 radical (unpaired) electrons. The van der Waals surface area contributed by atoms with Gasteiger partial charge in [0.25, 0.3) is 0 Å². The van der Waals surface area contributed by atoms with Gasteiger partial charge in [0.15, 0.2) is 0 Å². The van der Waals surface area contributed by atoms with Crippen LogP contribution in [0.5, 0.6) is 0 Å². The second-order valence-corrected chi connectivity index (χ2v) is 5.13. The molecule has 96 valence electrons. The van der Waals surface area contributed by atoms with Gasteiger partial charge in [0, 0.05) is 19.2 Å². The number of hydrogen-bond donors (Lipinski definition) is 1. The molecule has 5 heteroatoms. The predicted molar refractivity (Wildman–Crippen MR) is 76.6 cm³/mol. The van der Waals surface area contributed by atoms with Crippen molar-refractivity contribution in [2.24, 2.45) is 0 Å². The Morgan fingerprint density at radius 2 is 2.17 bits per heavy atom. The Balaban J connectivity index is 2.27. The van der Waals surface area contributed by atoms with Crippen LogP contribution >= 0.6 is 15.9 Å². The summed E-state index contributed by atoms with van der Waals surface area (Å²) in [4.78, 5) is 6.44. The molecule has 0 aliphatic carbocycles. The molecule has 2 N–H and O–H groups in total. The largest absolute Gasteiger partial charge is 0.469 e. The van der Waals surface area contributed by atoms with Crippen LogP contribution in [-0.2, 0) is 6.54 Å². The molecule has 2 rings (SSSR count). The third-order valence-electron chi connectivity index (χ3n) is 3.02. The Kier molecular flexibility index (Phi) is 3.61. The Morgan fingerprint density at radius 1 is 1.44 bits per heavy atom. The van der Waals surface area contributed by atoms with E-state index in [0.29, 0.717) is 5.69 Å². The summed E-state index contributed by atoms with van der Waals surface area (Å²) in [6.07, 6.45) is 3.39. The third kappa shape index (κ3) is 2.36. The minimum atomic E-state index is 0.693. The first kappa shape index (κ1) is 13.0. The Morgan fingerprint density at radius 3 is 2.78 bits per heavy atom. The van der Waals surface area contributed by atoms with E-state index >= 15 is 0 Å². The van der Waals surface area contributed by atoms with Crippen LogP contribution < -0.4 is 10.6 Å². The number of halogens is 1. The molecule has 0 fully saturated rings. The second-order valence-electron chi connectivity index (χ2n) is 4.33. The molecule has 0 spiro atoms. The van der Waals surface area contributed by atoms with Gasteiger partial charge >= 0.3 is 0 Å². The predicted octanol–water partition coefficient (Wildman–Crippen LogP) is 3.27. The highest BCUT2D eigenvalue weighted by molar-refractivity contribution is 9.10. The van der Waals surface area contributed by atoms with Gasteiger partial charge in [0.2, 0.25) is 0 Å². The zero-order valence-electron chi connectivity index (χ0n) is 10.7. The monoisotopic (exact) mass is 309 g/mol. The van der Waals surface area contributed by atoms with Crippen molar-refractivity contribution in [1.29, 1.82) is 0 Å². The minimum absolute atomic E-state index is 0.693. The lowest BCUT2D eigenvalue weighted by Gasteiger charge is -2.20. The van der Waals surface area contributed by atoms with Gasteiger partial charge in [0.05, 0.1) is 22.6 Å². The molecule has 0 unspecified atom stereocenters. The highest BCUT2D eigenvalue weighted by Gasteiger charge is 2.13. The molecule has 0 amide bonds. The smallest absolute Gasteiger partial charge is 0.143 e. The molecule has 0 bridgehead atoms. The van der Waals surface area contributed by atoms with Crippen LogP contribution in [0, 0.1) is 13.8 Å². The average Bonchev–Trinajstić information content (AvgIpc) is 2.72. The molecule has 0 saturated heterocycles. The summed E-state index contributed by atoms with van der Waals surface area (Å²) >= 11 is 3.55. The highest BCUT2D eigenvalue weighted by Crippen LogP contribution is 2.30. The summed E-state index contributed by atoms with van der Waals surface area (Å²) in [6.45, 7) is 4.68. The SMILES string of the molecule is Cc1occc1CN(C)c1ncc(N)c(C)c1Br. The topological polar surface area (TPSA) is 55.3 Å². The van der Waals surface area contributed by atoms with E-state index < -0.39 is 0 Å². The molecule has 0 aliphatic rings. The van der Waals surface area contributed by atoms with E-state index in [1.807, 2.05) is 27.0 Å². The molecule has 2 heterocycles. The van der Waals surface area contributed by atoms with Gasteiger partial charge in [-0.3, -0.25) is 0 Å². The van der Waals surface area contributed by atoms with E-state index in [4.69, 9.17) is 10.2 Å². The van der Waals surface area contributed by atoms with Gasteiger partial charge in [-0.25, -0.2) is 4.98 Å². The normalized spacial score (nSPS) is 10.7. The lowest BCUT2D eigenvalue weighted by molar-refractivity contribution is 0.529. The van der Waals surface area contributed by atoms with E-state index in [1.54, 1.807) is 12.5 Å². The standard InChI is InChI=1S/C13H16BrN3O/c1-8-11(15)6-16-13(12(8)14)17(3)7-10-4-5-18-9(10)2/h4-6H,7,15H2,1-3H3. The summed E-state index contributed by atoms with van der Waals surface area (Å²) in [5.41, 5.74) is 8.68. The lowest BCUT2D eigenvalue weighted by Crippen LogP contribution is -2.19. The van der Waals surface area contributed by atoms with Crippen LogP contribution in [0.25, 0.3) is 0 Å². The molecule has 4 nitrogen and oxygen atoms in total. The molecule has 0 aromatic carbocycles. The average molecular weight is 310 g/mol. The molecule has 0 saturated carbocycles. The highest BCUT2D eigenvalue weighted by atomic mass is 79.9. The maximum absolute atomic E-state index is 5.82. The van der Waals surface area contributed by atoms with E-state index in [0.717, 1.165) is 33.7 Å². The molecular weight excluding hydrogens is 294 g/mol. The Labute approximate surface area is 115 Å². The van der Waals surface area contributed by atoms with Crippen molar-refractivity contribution >= 4 is 27.4 Å². The third-order valence-corrected chi connectivity index (χ3v) is 3.97. The van der Waals surface area contributed by atoms with Gasteiger partial charge in [0.1, 0.15) is 11.6 Å². The van der Waals surface area contributed by atoms with Gasteiger partial charge in [-0.2, -0.15) is 0 Å². The Hall–Kier alpha value is -1.49. The number of aryl methyl sites for hydroxylation is 1. The van der Waals surface area contributed by atoms with E-state index in [1.165, 1.54) is 0 Å². The molecule has 0 aliphatic heterocycles. The van der Waals surface area contributed by atoms with Crippen LogP contribution in [0.3, 0.4) is 0 Å². The van der Waals surface area contributed by atoms with Crippen molar-refractivity contribution in [1.82, 2.24) is 4.98 Å². The number of hydrogen-bond acceptors (Lipinski definition) is 4. The van der Waals surface area contributed by atoms with Crippen molar-refractivity contribution in [3.63, 3.8) is 0 Å². The van der Waals surface area contributed by atoms with Gasteiger partial charge in [-0.05, 0) is 41.4 Å². The van der Waals surface area contributed by atoms with Crippen LogP contribution in [0.1, 0.15) is 16.9 Å². The first-order valence-electron chi connectivity index (χ1n) is 5.65. The fraction of sp³-hybridized carbons (Fsp3) is 0.308. The van der Waals surface area contributed by atoms with Gasteiger partial charge < -0.3 is 15.1 Å². The Bertz CT molecular complexity index is 565. The van der Waals surface area contributed by atoms with Gasteiger partial charge in [-0.15, -0.1) is 0 Å². The van der Waals surface area contributed by atoms with Crippen LogP contribution in [0.2, 0.25) is 0 Å². The summed E-state index contributed by atoms with van der Waals surface area (Å²) < 4.78 is 6.23. The number of anilines is 2. The number of nitrogens with zero attached hydrogens (tertiary/aromatic N) is 2. The van der Waals surface area contributed by atoms with Crippen LogP contribution in [-0.4, -0.2) is 12.0 Å². The van der Waals surface area contributed by atoms with Crippen molar-refractivity contribution in [3.05, 3.63) is 39.9 Å². The van der Waals surface area contributed by atoms with Crippen LogP contribution in [0.15, 0.2) is 27.4 Å². The lowest BCUT2D eigenvalue weighted by atomic mass is 10.2. The summed E-state index contributed by atoms with van der Waals surface area (Å²) in [7, 11) is 2.00.